The fourth-order valence-corrected chi connectivity index (χ4v) is 2.94. The van der Waals surface area contributed by atoms with Crippen molar-refractivity contribution in [1.29, 1.82) is 0 Å². The van der Waals surface area contributed by atoms with Crippen molar-refractivity contribution >= 4 is 0 Å². The second kappa shape index (κ2) is 4.35. The molecule has 0 radical (unpaired) electrons. The molecule has 1 aromatic carbocycles. The molecule has 0 spiro atoms. The molecular formula is C14H19NO3. The van der Waals surface area contributed by atoms with E-state index in [2.05, 4.69) is 0 Å². The highest BCUT2D eigenvalue weighted by atomic mass is 16.5. The summed E-state index contributed by atoms with van der Waals surface area (Å²) in [6, 6.07) is -0.104. The molecule has 2 aliphatic heterocycles. The smallest absolute Gasteiger partial charge is 0.164 e. The number of benzene rings is 1. The van der Waals surface area contributed by atoms with Crippen molar-refractivity contribution in [3.05, 3.63) is 16.7 Å². The highest BCUT2D eigenvalue weighted by Crippen LogP contribution is 2.48. The minimum Gasteiger partial charge on any atom is -0.504 e. The lowest BCUT2D eigenvalue weighted by Gasteiger charge is -2.30. The first-order chi connectivity index (χ1) is 8.70. The molecule has 0 bridgehead atoms. The lowest BCUT2D eigenvalue weighted by molar-refractivity contribution is 0.252. The fraction of sp³-hybridized carbons (Fsp3) is 0.571. The number of phenolic OH excluding ortho intramolecular Hbond substituents is 1. The van der Waals surface area contributed by atoms with Gasteiger partial charge in [0.25, 0.3) is 0 Å². The molecule has 2 heterocycles. The van der Waals surface area contributed by atoms with E-state index in [1.807, 2.05) is 6.92 Å². The van der Waals surface area contributed by atoms with Crippen LogP contribution in [0.2, 0.25) is 0 Å². The van der Waals surface area contributed by atoms with E-state index < -0.39 is 0 Å². The van der Waals surface area contributed by atoms with Gasteiger partial charge < -0.3 is 20.3 Å². The van der Waals surface area contributed by atoms with Crippen molar-refractivity contribution < 1.29 is 14.6 Å². The van der Waals surface area contributed by atoms with E-state index >= 15 is 0 Å². The number of hydrogen-bond donors (Lipinski definition) is 2. The maximum atomic E-state index is 10.3. The predicted octanol–water partition coefficient (Wildman–Crippen LogP) is 2.06. The predicted molar refractivity (Wildman–Crippen MR) is 68.3 cm³/mol. The molecule has 1 atom stereocenters. The van der Waals surface area contributed by atoms with Gasteiger partial charge in [-0.05, 0) is 32.6 Å². The Balaban J connectivity index is 2.27. The average molecular weight is 249 g/mol. The highest BCUT2D eigenvalue weighted by molar-refractivity contribution is 5.64. The summed E-state index contributed by atoms with van der Waals surface area (Å²) in [6.45, 7) is 3.32. The van der Waals surface area contributed by atoms with Crippen LogP contribution in [-0.2, 0) is 12.8 Å². The van der Waals surface area contributed by atoms with E-state index in [0.717, 1.165) is 48.1 Å². The Kier molecular flexibility index (Phi) is 2.82. The van der Waals surface area contributed by atoms with Crippen LogP contribution >= 0.6 is 0 Å². The molecular weight excluding hydrogens is 230 g/mol. The zero-order chi connectivity index (χ0) is 12.7. The van der Waals surface area contributed by atoms with Crippen LogP contribution in [0.3, 0.4) is 0 Å². The van der Waals surface area contributed by atoms with Crippen molar-refractivity contribution in [3.8, 4) is 17.2 Å². The van der Waals surface area contributed by atoms with E-state index in [1.54, 1.807) is 0 Å². The number of aromatic hydroxyl groups is 1. The van der Waals surface area contributed by atoms with Gasteiger partial charge in [0.15, 0.2) is 11.5 Å². The number of hydrogen-bond acceptors (Lipinski definition) is 4. The average Bonchev–Trinajstić information content (AvgIpc) is 2.39. The largest absolute Gasteiger partial charge is 0.504 e. The van der Waals surface area contributed by atoms with Crippen LogP contribution in [0.4, 0.5) is 0 Å². The molecule has 1 unspecified atom stereocenters. The summed E-state index contributed by atoms with van der Waals surface area (Å²) in [5.41, 5.74) is 9.03. The number of phenols is 1. The highest BCUT2D eigenvalue weighted by Gasteiger charge is 2.30. The Morgan fingerprint density at radius 2 is 1.67 bits per heavy atom. The fourth-order valence-electron chi connectivity index (χ4n) is 2.94. The lowest BCUT2D eigenvalue weighted by Crippen LogP contribution is -2.20. The van der Waals surface area contributed by atoms with Gasteiger partial charge in [-0.2, -0.15) is 0 Å². The first kappa shape index (κ1) is 11.7. The molecule has 0 aromatic heterocycles. The molecule has 0 saturated carbocycles. The van der Waals surface area contributed by atoms with Crippen molar-refractivity contribution in [3.63, 3.8) is 0 Å². The van der Waals surface area contributed by atoms with Crippen LogP contribution < -0.4 is 15.2 Å². The van der Waals surface area contributed by atoms with E-state index in [4.69, 9.17) is 15.2 Å². The van der Waals surface area contributed by atoms with Crippen LogP contribution in [0.5, 0.6) is 17.2 Å². The van der Waals surface area contributed by atoms with Crippen LogP contribution in [-0.4, -0.2) is 18.3 Å². The Labute approximate surface area is 107 Å². The Hall–Kier alpha value is -1.42. The molecule has 98 valence electrons. The Bertz CT molecular complexity index is 445. The van der Waals surface area contributed by atoms with Crippen molar-refractivity contribution in [2.45, 2.75) is 38.6 Å². The van der Waals surface area contributed by atoms with E-state index in [0.29, 0.717) is 19.0 Å². The van der Waals surface area contributed by atoms with Crippen LogP contribution in [0.25, 0.3) is 0 Å². The normalized spacial score (nSPS) is 19.2. The van der Waals surface area contributed by atoms with Gasteiger partial charge in [0.2, 0.25) is 0 Å². The molecule has 0 saturated heterocycles. The second-order valence-corrected chi connectivity index (χ2v) is 5.07. The Morgan fingerprint density at radius 3 is 2.33 bits per heavy atom. The molecule has 4 heteroatoms. The molecule has 0 fully saturated rings. The van der Waals surface area contributed by atoms with Crippen LogP contribution in [0.15, 0.2) is 0 Å². The third kappa shape index (κ3) is 1.63. The second-order valence-electron chi connectivity index (χ2n) is 5.07. The topological polar surface area (TPSA) is 64.7 Å². The zero-order valence-corrected chi connectivity index (χ0v) is 10.7. The molecule has 3 N–H and O–H groups in total. The summed E-state index contributed by atoms with van der Waals surface area (Å²) < 4.78 is 11.4. The third-order valence-corrected chi connectivity index (χ3v) is 3.71. The minimum atomic E-state index is -0.104. The molecule has 0 aliphatic carbocycles. The summed E-state index contributed by atoms with van der Waals surface area (Å²) in [7, 11) is 0. The Morgan fingerprint density at radius 1 is 1.06 bits per heavy atom. The maximum Gasteiger partial charge on any atom is 0.164 e. The van der Waals surface area contributed by atoms with Gasteiger partial charge in [0.05, 0.1) is 13.2 Å². The minimum absolute atomic E-state index is 0.104. The summed E-state index contributed by atoms with van der Waals surface area (Å²) in [5, 5.41) is 10.3. The van der Waals surface area contributed by atoms with Crippen LogP contribution in [0.1, 0.15) is 42.5 Å². The quantitative estimate of drug-likeness (QED) is 0.799. The number of fused-ring (bicyclic) bond motifs is 2. The standard InChI is InChI=1S/C14H19NO3/c1-8(15)11-9-4-2-7-18-14(9)12(16)10-5-3-6-17-13(10)11/h8,16H,2-7,15H2,1H3. The van der Waals surface area contributed by atoms with Crippen molar-refractivity contribution in [2.24, 2.45) is 5.73 Å². The van der Waals surface area contributed by atoms with E-state index in [-0.39, 0.29) is 11.8 Å². The van der Waals surface area contributed by atoms with E-state index in [9.17, 15) is 5.11 Å². The molecule has 1 aromatic rings. The lowest BCUT2D eigenvalue weighted by atomic mass is 9.89. The third-order valence-electron chi connectivity index (χ3n) is 3.71. The van der Waals surface area contributed by atoms with Crippen LogP contribution in [0, 0.1) is 0 Å². The monoisotopic (exact) mass is 249 g/mol. The number of ether oxygens (including phenoxy) is 2. The first-order valence-electron chi connectivity index (χ1n) is 6.62. The first-order valence-corrected chi connectivity index (χ1v) is 6.62. The molecule has 0 amide bonds. The van der Waals surface area contributed by atoms with Gasteiger partial charge in [-0.25, -0.2) is 0 Å². The zero-order valence-electron chi connectivity index (χ0n) is 10.7. The van der Waals surface area contributed by atoms with Crippen molar-refractivity contribution in [1.82, 2.24) is 0 Å². The molecule has 2 aliphatic rings. The summed E-state index contributed by atoms with van der Waals surface area (Å²) in [6.07, 6.45) is 3.62. The maximum absolute atomic E-state index is 10.3. The number of nitrogens with two attached hydrogens (primary N) is 1. The van der Waals surface area contributed by atoms with Gasteiger partial charge >= 0.3 is 0 Å². The summed E-state index contributed by atoms with van der Waals surface area (Å²) >= 11 is 0. The molecule has 4 nitrogen and oxygen atoms in total. The molecule has 3 rings (SSSR count). The van der Waals surface area contributed by atoms with Gasteiger partial charge in [-0.1, -0.05) is 0 Å². The van der Waals surface area contributed by atoms with Gasteiger partial charge in [-0.3, -0.25) is 0 Å². The SMILES string of the molecule is CC(N)c1c2c(c(O)c3c1OCCC3)OCCC2. The molecule has 18 heavy (non-hydrogen) atoms. The van der Waals surface area contributed by atoms with Gasteiger partial charge in [-0.15, -0.1) is 0 Å². The number of rotatable bonds is 1. The summed E-state index contributed by atoms with van der Waals surface area (Å²) in [5.74, 6) is 1.71. The van der Waals surface area contributed by atoms with E-state index in [1.165, 1.54) is 0 Å². The van der Waals surface area contributed by atoms with Gasteiger partial charge in [0, 0.05) is 22.7 Å². The summed E-state index contributed by atoms with van der Waals surface area (Å²) in [4.78, 5) is 0. The van der Waals surface area contributed by atoms with Gasteiger partial charge in [0.1, 0.15) is 5.75 Å². The van der Waals surface area contributed by atoms with Crippen molar-refractivity contribution in [2.75, 3.05) is 13.2 Å².